The Morgan fingerprint density at radius 3 is 2.61 bits per heavy atom. The molecule has 0 bridgehead atoms. The number of nitrogens with zero attached hydrogens (tertiary/aromatic N) is 5. The van der Waals surface area contributed by atoms with Crippen LogP contribution in [0, 0.1) is 11.3 Å². The number of hydrogen-bond donors (Lipinski definition) is 3. The Balaban J connectivity index is 1.52. The monoisotopic (exact) mass is 521 g/mol. The van der Waals surface area contributed by atoms with Crippen LogP contribution < -0.4 is 21.1 Å². The van der Waals surface area contributed by atoms with Crippen molar-refractivity contribution in [1.82, 2.24) is 19.9 Å². The Hall–Kier alpha value is -3.68. The van der Waals surface area contributed by atoms with Gasteiger partial charge in [0.2, 0.25) is 5.95 Å². The van der Waals surface area contributed by atoms with Gasteiger partial charge in [0.05, 0.1) is 33.3 Å². The second kappa shape index (κ2) is 10.1. The highest BCUT2D eigenvalue weighted by Gasteiger charge is 2.18. The van der Waals surface area contributed by atoms with Crippen molar-refractivity contribution in [1.29, 1.82) is 5.26 Å². The molecular weight excluding hydrogens is 501 g/mol. The van der Waals surface area contributed by atoms with Gasteiger partial charge in [0.15, 0.2) is 0 Å². The molecule has 2 aromatic carbocycles. The zero-order valence-corrected chi connectivity index (χ0v) is 20.5. The Labute approximate surface area is 216 Å². The number of piperazine rings is 1. The molecule has 0 radical (unpaired) electrons. The highest BCUT2D eigenvalue weighted by Crippen LogP contribution is 2.29. The van der Waals surface area contributed by atoms with Crippen LogP contribution in [0.2, 0.25) is 10.0 Å². The third kappa shape index (κ3) is 4.47. The van der Waals surface area contributed by atoms with Crippen LogP contribution >= 0.6 is 23.2 Å². The Morgan fingerprint density at radius 1 is 1.17 bits per heavy atom. The zero-order chi connectivity index (χ0) is 25.2. The third-order valence-corrected chi connectivity index (χ3v) is 6.62. The van der Waals surface area contributed by atoms with Crippen LogP contribution in [0.3, 0.4) is 0 Å². The number of aliphatic hydroxyl groups excluding tert-OH is 1. The minimum absolute atomic E-state index is 0.115. The van der Waals surface area contributed by atoms with Crippen molar-refractivity contribution >= 4 is 51.4 Å². The highest BCUT2D eigenvalue weighted by molar-refractivity contribution is 6.37. The minimum atomic E-state index is -0.450. The number of aliphatic hydroxyl groups is 1. The predicted octanol–water partition coefficient (Wildman–Crippen LogP) is 3.60. The first-order chi connectivity index (χ1) is 17.5. The molecule has 0 spiro atoms. The van der Waals surface area contributed by atoms with Crippen molar-refractivity contribution in [3.63, 3.8) is 0 Å². The quantitative estimate of drug-likeness (QED) is 0.364. The molecule has 0 unspecified atom stereocenters. The van der Waals surface area contributed by atoms with Crippen LogP contribution in [-0.4, -0.2) is 45.8 Å². The number of nitriles is 1. The van der Waals surface area contributed by atoms with Gasteiger partial charge in [-0.25, -0.2) is 9.97 Å². The van der Waals surface area contributed by atoms with Crippen molar-refractivity contribution in [3.8, 4) is 11.8 Å². The van der Waals surface area contributed by atoms with Crippen LogP contribution in [0.5, 0.6) is 0 Å². The van der Waals surface area contributed by atoms with Crippen LogP contribution in [-0.2, 0) is 6.61 Å². The zero-order valence-electron chi connectivity index (χ0n) is 19.0. The van der Waals surface area contributed by atoms with Gasteiger partial charge < -0.3 is 20.6 Å². The van der Waals surface area contributed by atoms with E-state index in [0.717, 1.165) is 37.4 Å². The Morgan fingerprint density at radius 2 is 1.92 bits per heavy atom. The second-order valence-corrected chi connectivity index (χ2v) is 9.03. The van der Waals surface area contributed by atoms with E-state index < -0.39 is 5.56 Å². The van der Waals surface area contributed by atoms with Crippen LogP contribution in [0.25, 0.3) is 16.6 Å². The minimum Gasteiger partial charge on any atom is -0.392 e. The number of halogens is 2. The molecule has 1 saturated heterocycles. The molecule has 3 N–H and O–H groups in total. The van der Waals surface area contributed by atoms with E-state index in [2.05, 4.69) is 31.6 Å². The van der Waals surface area contributed by atoms with Gasteiger partial charge in [0, 0.05) is 55.5 Å². The standard InChI is InChI=1S/C25H21Cl2N7O2/c26-19-2-1-3-20(27)23(19)34-13-16(11-28)22-18(24(34)36)12-30-25(32-22)31-17-4-5-21(15(10-17)14-35)33-8-6-29-7-9-33/h1-5,10,12-13,29,35H,6-9,14H2,(H,30,31,32). The van der Waals surface area contributed by atoms with Gasteiger partial charge in [-0.1, -0.05) is 29.3 Å². The Kier molecular flexibility index (Phi) is 6.76. The molecule has 11 heteroatoms. The molecule has 5 rings (SSSR count). The lowest BCUT2D eigenvalue weighted by molar-refractivity contribution is 0.282. The number of pyridine rings is 1. The maximum absolute atomic E-state index is 13.2. The average molecular weight is 522 g/mol. The van der Waals surface area contributed by atoms with Crippen molar-refractivity contribution in [2.24, 2.45) is 0 Å². The van der Waals surface area contributed by atoms with Crippen molar-refractivity contribution in [2.75, 3.05) is 36.4 Å². The summed E-state index contributed by atoms with van der Waals surface area (Å²) in [5, 5.41) is 26.9. The molecule has 9 nitrogen and oxygen atoms in total. The van der Waals surface area contributed by atoms with E-state index in [1.807, 2.05) is 18.2 Å². The molecule has 0 saturated carbocycles. The first kappa shape index (κ1) is 24.0. The van der Waals surface area contributed by atoms with E-state index in [1.165, 1.54) is 17.0 Å². The largest absolute Gasteiger partial charge is 0.392 e. The lowest BCUT2D eigenvalue weighted by Crippen LogP contribution is -2.43. The normalized spacial score (nSPS) is 13.6. The highest BCUT2D eigenvalue weighted by atomic mass is 35.5. The first-order valence-corrected chi connectivity index (χ1v) is 12.0. The molecule has 2 aromatic heterocycles. The van der Waals surface area contributed by atoms with Crippen LogP contribution in [0.15, 0.2) is 53.6 Å². The van der Waals surface area contributed by atoms with E-state index in [4.69, 9.17) is 23.2 Å². The summed E-state index contributed by atoms with van der Waals surface area (Å²) in [4.78, 5) is 24.2. The topological polar surface area (TPSA) is 119 Å². The van der Waals surface area contributed by atoms with Gasteiger partial charge in [0.1, 0.15) is 11.6 Å². The van der Waals surface area contributed by atoms with Crippen molar-refractivity contribution < 1.29 is 5.11 Å². The molecule has 1 fully saturated rings. The molecule has 1 aliphatic rings. The lowest BCUT2D eigenvalue weighted by Gasteiger charge is -2.31. The number of para-hydroxylation sites is 1. The number of benzene rings is 2. The summed E-state index contributed by atoms with van der Waals surface area (Å²) in [5.74, 6) is 0.214. The van der Waals surface area contributed by atoms with E-state index in [9.17, 15) is 15.2 Å². The summed E-state index contributed by atoms with van der Waals surface area (Å²) in [7, 11) is 0. The number of aromatic nitrogens is 3. The fourth-order valence-corrected chi connectivity index (χ4v) is 4.86. The molecule has 4 aromatic rings. The number of anilines is 3. The molecule has 182 valence electrons. The molecule has 0 aliphatic carbocycles. The molecule has 0 amide bonds. The number of nitrogens with one attached hydrogen (secondary N) is 2. The number of rotatable bonds is 5. The van der Waals surface area contributed by atoms with Gasteiger partial charge in [0.25, 0.3) is 5.56 Å². The SMILES string of the molecule is N#Cc1cn(-c2c(Cl)cccc2Cl)c(=O)c2cnc(Nc3ccc(N4CCNCC4)c(CO)c3)nc12. The van der Waals surface area contributed by atoms with E-state index >= 15 is 0 Å². The summed E-state index contributed by atoms with van der Waals surface area (Å²) >= 11 is 12.6. The first-order valence-electron chi connectivity index (χ1n) is 11.2. The fraction of sp³-hybridized carbons (Fsp3) is 0.200. The van der Waals surface area contributed by atoms with Gasteiger partial charge in [-0.3, -0.25) is 9.36 Å². The number of fused-ring (bicyclic) bond motifs is 1. The fourth-order valence-electron chi connectivity index (χ4n) is 4.28. The van der Waals surface area contributed by atoms with Crippen LogP contribution in [0.1, 0.15) is 11.1 Å². The smallest absolute Gasteiger partial charge is 0.266 e. The van der Waals surface area contributed by atoms with Gasteiger partial charge in [-0.05, 0) is 30.3 Å². The summed E-state index contributed by atoms with van der Waals surface area (Å²) in [6.45, 7) is 3.39. The second-order valence-electron chi connectivity index (χ2n) is 8.22. The lowest BCUT2D eigenvalue weighted by atomic mass is 10.1. The maximum Gasteiger partial charge on any atom is 0.266 e. The third-order valence-electron chi connectivity index (χ3n) is 6.01. The van der Waals surface area contributed by atoms with Crippen molar-refractivity contribution in [3.05, 3.63) is 80.3 Å². The van der Waals surface area contributed by atoms with E-state index in [1.54, 1.807) is 18.2 Å². The van der Waals surface area contributed by atoms with Crippen LogP contribution in [0.4, 0.5) is 17.3 Å². The van der Waals surface area contributed by atoms with Crippen molar-refractivity contribution in [2.45, 2.75) is 6.61 Å². The molecular formula is C25H21Cl2N7O2. The molecule has 3 heterocycles. The maximum atomic E-state index is 13.2. The summed E-state index contributed by atoms with van der Waals surface area (Å²) < 4.78 is 1.24. The Bertz CT molecular complexity index is 1540. The summed E-state index contributed by atoms with van der Waals surface area (Å²) in [5.41, 5.74) is 2.64. The average Bonchev–Trinajstić information content (AvgIpc) is 2.90. The van der Waals surface area contributed by atoms with Gasteiger partial charge >= 0.3 is 0 Å². The number of hydrogen-bond acceptors (Lipinski definition) is 8. The van der Waals surface area contributed by atoms with E-state index in [-0.39, 0.29) is 44.8 Å². The predicted molar refractivity (Wildman–Crippen MR) is 141 cm³/mol. The van der Waals surface area contributed by atoms with Gasteiger partial charge in [-0.15, -0.1) is 0 Å². The summed E-state index contributed by atoms with van der Waals surface area (Å²) in [6, 6.07) is 12.7. The van der Waals surface area contributed by atoms with E-state index in [0.29, 0.717) is 5.69 Å². The molecule has 36 heavy (non-hydrogen) atoms. The molecule has 1 aliphatic heterocycles. The summed E-state index contributed by atoms with van der Waals surface area (Å²) in [6.07, 6.45) is 2.75. The molecule has 0 atom stereocenters. The van der Waals surface area contributed by atoms with Gasteiger partial charge in [-0.2, -0.15) is 5.26 Å².